The Morgan fingerprint density at radius 3 is 2.88 bits per heavy atom. The highest BCUT2D eigenvalue weighted by Gasteiger charge is 2.14. The predicted molar refractivity (Wildman–Crippen MR) is 62.2 cm³/mol. The van der Waals surface area contributed by atoms with E-state index >= 15 is 0 Å². The first-order valence-electron chi connectivity index (χ1n) is 4.94. The van der Waals surface area contributed by atoms with Crippen LogP contribution in [-0.4, -0.2) is 43.1 Å². The molecule has 0 radical (unpaired) electrons. The van der Waals surface area contributed by atoms with Gasteiger partial charge in [-0.15, -0.1) is 0 Å². The molecule has 6 heteroatoms. The number of ether oxygens (including phenoxy) is 1. The first-order chi connectivity index (χ1) is 7.74. The van der Waals surface area contributed by atoms with Crippen molar-refractivity contribution in [2.24, 2.45) is 0 Å². The molecule has 16 heavy (non-hydrogen) atoms. The summed E-state index contributed by atoms with van der Waals surface area (Å²) in [5.74, 6) is 0.551. The highest BCUT2D eigenvalue weighted by atomic mass is 35.5. The van der Waals surface area contributed by atoms with E-state index in [1.807, 2.05) is 11.8 Å². The van der Waals surface area contributed by atoms with Crippen LogP contribution in [0, 0.1) is 0 Å². The standard InChI is InChI=1S/C10H14ClN3O2/c1-3-14(4-5-16-2)10-8(6-15)9(11)12-7-13-10/h6-7H,3-5H2,1-2H3. The molecule has 0 aliphatic heterocycles. The quantitative estimate of drug-likeness (QED) is 0.559. The molecule has 0 bridgehead atoms. The lowest BCUT2D eigenvalue weighted by Gasteiger charge is -2.22. The Morgan fingerprint density at radius 1 is 1.56 bits per heavy atom. The summed E-state index contributed by atoms with van der Waals surface area (Å²) in [7, 11) is 1.63. The number of halogens is 1. The van der Waals surface area contributed by atoms with Crippen molar-refractivity contribution in [3.8, 4) is 0 Å². The summed E-state index contributed by atoms with van der Waals surface area (Å²) in [5, 5.41) is 0.177. The third-order valence-electron chi connectivity index (χ3n) is 2.18. The number of nitrogens with zero attached hydrogens (tertiary/aromatic N) is 3. The molecule has 0 saturated carbocycles. The van der Waals surface area contributed by atoms with Crippen molar-refractivity contribution in [1.82, 2.24) is 9.97 Å². The Hall–Kier alpha value is -1.20. The van der Waals surface area contributed by atoms with Gasteiger partial charge in [0.1, 0.15) is 17.3 Å². The Kier molecular flexibility index (Phi) is 5.14. The van der Waals surface area contributed by atoms with Crippen molar-refractivity contribution < 1.29 is 9.53 Å². The lowest BCUT2D eigenvalue weighted by Crippen LogP contribution is -2.29. The fourth-order valence-electron chi connectivity index (χ4n) is 1.33. The number of rotatable bonds is 6. The van der Waals surface area contributed by atoms with Crippen molar-refractivity contribution in [1.29, 1.82) is 0 Å². The molecule has 0 saturated heterocycles. The zero-order valence-electron chi connectivity index (χ0n) is 9.31. The van der Waals surface area contributed by atoms with E-state index in [0.717, 1.165) is 6.54 Å². The van der Waals surface area contributed by atoms with Crippen LogP contribution < -0.4 is 4.90 Å². The van der Waals surface area contributed by atoms with E-state index in [4.69, 9.17) is 16.3 Å². The Balaban J connectivity index is 2.99. The van der Waals surface area contributed by atoms with Crippen molar-refractivity contribution in [3.05, 3.63) is 17.0 Å². The maximum Gasteiger partial charge on any atom is 0.156 e. The highest BCUT2D eigenvalue weighted by molar-refractivity contribution is 6.32. The molecule has 0 aliphatic rings. The van der Waals surface area contributed by atoms with Gasteiger partial charge < -0.3 is 9.64 Å². The van der Waals surface area contributed by atoms with Crippen molar-refractivity contribution in [3.63, 3.8) is 0 Å². The fourth-order valence-corrected chi connectivity index (χ4v) is 1.51. The molecule has 1 aromatic rings. The minimum atomic E-state index is 0.177. The second-order valence-electron chi connectivity index (χ2n) is 3.09. The number of hydrogen-bond acceptors (Lipinski definition) is 5. The minimum Gasteiger partial charge on any atom is -0.383 e. The lowest BCUT2D eigenvalue weighted by molar-refractivity contribution is 0.112. The van der Waals surface area contributed by atoms with Gasteiger partial charge in [0.15, 0.2) is 6.29 Å². The SMILES string of the molecule is CCN(CCOC)c1ncnc(Cl)c1C=O. The van der Waals surface area contributed by atoms with Crippen LogP contribution in [0.2, 0.25) is 5.15 Å². The third kappa shape index (κ3) is 2.90. The topological polar surface area (TPSA) is 55.3 Å². The molecule has 0 atom stereocenters. The van der Waals surface area contributed by atoms with Crippen molar-refractivity contribution in [2.75, 3.05) is 31.7 Å². The number of anilines is 1. The van der Waals surface area contributed by atoms with E-state index < -0.39 is 0 Å². The monoisotopic (exact) mass is 243 g/mol. The minimum absolute atomic E-state index is 0.177. The summed E-state index contributed by atoms with van der Waals surface area (Å²) in [4.78, 5) is 20.7. The molecular weight excluding hydrogens is 230 g/mol. The molecular formula is C10H14ClN3O2. The third-order valence-corrected chi connectivity index (χ3v) is 2.48. The molecule has 0 unspecified atom stereocenters. The Bertz CT molecular complexity index is 360. The van der Waals surface area contributed by atoms with Gasteiger partial charge in [0.05, 0.1) is 12.2 Å². The van der Waals surface area contributed by atoms with E-state index in [9.17, 15) is 4.79 Å². The van der Waals surface area contributed by atoms with Gasteiger partial charge in [0, 0.05) is 20.2 Å². The molecule has 88 valence electrons. The molecule has 0 amide bonds. The van der Waals surface area contributed by atoms with Crippen LogP contribution in [0.15, 0.2) is 6.33 Å². The molecule has 0 spiro atoms. The highest BCUT2D eigenvalue weighted by Crippen LogP contribution is 2.20. The second kappa shape index (κ2) is 6.40. The van der Waals surface area contributed by atoms with Gasteiger partial charge in [-0.2, -0.15) is 0 Å². The lowest BCUT2D eigenvalue weighted by atomic mass is 10.3. The van der Waals surface area contributed by atoms with Gasteiger partial charge >= 0.3 is 0 Å². The molecule has 1 rings (SSSR count). The molecule has 1 aromatic heterocycles. The maximum atomic E-state index is 10.9. The van der Waals surface area contributed by atoms with Gasteiger partial charge in [-0.25, -0.2) is 9.97 Å². The zero-order chi connectivity index (χ0) is 12.0. The molecule has 0 aliphatic carbocycles. The van der Waals surface area contributed by atoms with Crippen molar-refractivity contribution in [2.45, 2.75) is 6.92 Å². The molecule has 0 aromatic carbocycles. The number of hydrogen-bond donors (Lipinski definition) is 0. The maximum absolute atomic E-state index is 10.9. The smallest absolute Gasteiger partial charge is 0.156 e. The zero-order valence-corrected chi connectivity index (χ0v) is 10.1. The summed E-state index contributed by atoms with van der Waals surface area (Å²) >= 11 is 5.82. The molecule has 1 heterocycles. The molecule has 5 nitrogen and oxygen atoms in total. The molecule has 0 fully saturated rings. The fraction of sp³-hybridized carbons (Fsp3) is 0.500. The number of likely N-dealkylation sites (N-methyl/N-ethyl adjacent to an activating group) is 1. The van der Waals surface area contributed by atoms with E-state index in [0.29, 0.717) is 30.8 Å². The van der Waals surface area contributed by atoms with Crippen LogP contribution in [0.25, 0.3) is 0 Å². The average molecular weight is 244 g/mol. The van der Waals surface area contributed by atoms with Gasteiger partial charge in [-0.3, -0.25) is 4.79 Å². The van der Waals surface area contributed by atoms with E-state index in [-0.39, 0.29) is 5.15 Å². The van der Waals surface area contributed by atoms with Crippen molar-refractivity contribution >= 4 is 23.7 Å². The predicted octanol–water partition coefficient (Wildman–Crippen LogP) is 1.42. The number of aromatic nitrogens is 2. The Morgan fingerprint density at radius 2 is 2.31 bits per heavy atom. The van der Waals surface area contributed by atoms with Crippen LogP contribution >= 0.6 is 11.6 Å². The van der Waals surface area contributed by atoms with Crippen LogP contribution in [-0.2, 0) is 4.74 Å². The Labute approximate surface area is 99.4 Å². The van der Waals surface area contributed by atoms with Gasteiger partial charge in [0.25, 0.3) is 0 Å². The summed E-state index contributed by atoms with van der Waals surface area (Å²) in [6, 6.07) is 0. The number of aldehydes is 1. The summed E-state index contributed by atoms with van der Waals surface area (Å²) in [6.45, 7) is 3.91. The van der Waals surface area contributed by atoms with Crippen LogP contribution in [0.1, 0.15) is 17.3 Å². The van der Waals surface area contributed by atoms with Gasteiger partial charge in [-0.05, 0) is 6.92 Å². The number of carbonyl (C=O) groups excluding carboxylic acids is 1. The van der Waals surface area contributed by atoms with E-state index in [1.165, 1.54) is 6.33 Å². The largest absolute Gasteiger partial charge is 0.383 e. The van der Waals surface area contributed by atoms with Crippen LogP contribution in [0.4, 0.5) is 5.82 Å². The van der Waals surface area contributed by atoms with Crippen LogP contribution in [0.3, 0.4) is 0 Å². The summed E-state index contributed by atoms with van der Waals surface area (Å²) in [5.41, 5.74) is 0.321. The number of carbonyl (C=O) groups is 1. The normalized spacial score (nSPS) is 10.2. The first kappa shape index (κ1) is 12.9. The average Bonchev–Trinajstić information content (AvgIpc) is 2.30. The summed E-state index contributed by atoms with van der Waals surface area (Å²) in [6.07, 6.45) is 2.02. The second-order valence-corrected chi connectivity index (χ2v) is 3.45. The molecule has 0 N–H and O–H groups in total. The van der Waals surface area contributed by atoms with Gasteiger partial charge in [0.2, 0.25) is 0 Å². The summed E-state index contributed by atoms with van der Waals surface area (Å²) < 4.78 is 4.99. The first-order valence-corrected chi connectivity index (χ1v) is 5.32. The van der Waals surface area contributed by atoms with E-state index in [1.54, 1.807) is 7.11 Å². The van der Waals surface area contributed by atoms with Gasteiger partial charge in [-0.1, -0.05) is 11.6 Å². The van der Waals surface area contributed by atoms with Crippen LogP contribution in [0.5, 0.6) is 0 Å². The number of methoxy groups -OCH3 is 1. The van der Waals surface area contributed by atoms with E-state index in [2.05, 4.69) is 9.97 Å².